The fraction of sp³-hybridized carbons (Fsp3) is 0.433. The summed E-state index contributed by atoms with van der Waals surface area (Å²) in [6.45, 7) is 8.19. The Morgan fingerprint density at radius 3 is 2.73 bits per heavy atom. The van der Waals surface area contributed by atoms with Gasteiger partial charge in [-0.2, -0.15) is 15.1 Å². The summed E-state index contributed by atoms with van der Waals surface area (Å²) in [5.41, 5.74) is 4.92. The minimum Gasteiger partial charge on any atom is -0.424 e. The number of aromatic nitrogens is 4. The maximum absolute atomic E-state index is 14.9. The summed E-state index contributed by atoms with van der Waals surface area (Å²) in [6.07, 6.45) is 4.43. The highest BCUT2D eigenvalue weighted by atomic mass is 35.5. The van der Waals surface area contributed by atoms with Gasteiger partial charge in [-0.15, -0.1) is 0 Å². The molecule has 0 saturated carbocycles. The summed E-state index contributed by atoms with van der Waals surface area (Å²) in [5.74, 6) is 2.09. The van der Waals surface area contributed by atoms with E-state index in [1.807, 2.05) is 12.1 Å². The highest BCUT2D eigenvalue weighted by molar-refractivity contribution is 6.32. The second-order valence-electron chi connectivity index (χ2n) is 11.2. The van der Waals surface area contributed by atoms with Crippen molar-refractivity contribution >= 4 is 34.1 Å². The number of ether oxygens (including phenoxy) is 1. The van der Waals surface area contributed by atoms with Gasteiger partial charge >= 0.3 is 6.01 Å². The highest BCUT2D eigenvalue weighted by Gasteiger charge is 2.32. The number of halogens is 2. The van der Waals surface area contributed by atoms with E-state index in [2.05, 4.69) is 50.3 Å². The van der Waals surface area contributed by atoms with Crippen molar-refractivity contribution in [1.82, 2.24) is 30.4 Å². The van der Waals surface area contributed by atoms with Gasteiger partial charge in [0, 0.05) is 74.0 Å². The van der Waals surface area contributed by atoms with Crippen LogP contribution >= 0.6 is 11.6 Å². The number of anilines is 2. The monoisotopic (exact) mass is 576 g/mol. The van der Waals surface area contributed by atoms with E-state index < -0.39 is 5.82 Å². The van der Waals surface area contributed by atoms with Gasteiger partial charge in [-0.3, -0.25) is 5.10 Å². The first kappa shape index (κ1) is 26.4. The van der Waals surface area contributed by atoms with Crippen molar-refractivity contribution < 1.29 is 9.13 Å². The quantitative estimate of drug-likeness (QED) is 0.349. The van der Waals surface area contributed by atoms with Crippen LogP contribution in [-0.2, 0) is 19.4 Å². The standard InChI is InChI=1S/C30H34ClFN8O/c1-18(26-22-16-34-37-24(22)15-23(32)27(26)31)40-11-4-6-21-28(39-13-9-33-10-14-39)35-30(36-29(21)40)41-25-7-3-5-19-17-38(2)12-8-20(19)25/h3,5,7,15-16,18,33H,4,6,8-14,17H2,1-2H3,(H,34,37). The lowest BCUT2D eigenvalue weighted by Gasteiger charge is -2.38. The molecule has 1 fully saturated rings. The maximum Gasteiger partial charge on any atom is 0.325 e. The van der Waals surface area contributed by atoms with Crippen LogP contribution in [0.2, 0.25) is 5.02 Å². The van der Waals surface area contributed by atoms with Gasteiger partial charge in [0.15, 0.2) is 0 Å². The van der Waals surface area contributed by atoms with Crippen molar-refractivity contribution in [2.24, 2.45) is 0 Å². The van der Waals surface area contributed by atoms with Crippen LogP contribution in [0, 0.1) is 5.82 Å². The average molecular weight is 577 g/mol. The van der Waals surface area contributed by atoms with Crippen molar-refractivity contribution in [1.29, 1.82) is 0 Å². The molecular weight excluding hydrogens is 543 g/mol. The zero-order valence-corrected chi connectivity index (χ0v) is 24.1. The summed E-state index contributed by atoms with van der Waals surface area (Å²) in [4.78, 5) is 17.0. The zero-order chi connectivity index (χ0) is 28.1. The molecule has 1 unspecified atom stereocenters. The topological polar surface area (TPSA) is 85.4 Å². The summed E-state index contributed by atoms with van der Waals surface area (Å²) in [6, 6.07) is 7.71. The SMILES string of the molecule is CC(c1c(Cl)c(F)cc2[nH]ncc12)N1CCCc2c(N3CCNCC3)nc(Oc3cccc4c3CCN(C)C4)nc21. The van der Waals surface area contributed by atoms with Crippen LogP contribution in [-0.4, -0.2) is 71.4 Å². The number of benzene rings is 2. The van der Waals surface area contributed by atoms with E-state index in [1.54, 1.807) is 6.20 Å². The summed E-state index contributed by atoms with van der Waals surface area (Å²) >= 11 is 6.62. The molecular formula is C30H34ClFN8O. The van der Waals surface area contributed by atoms with Gasteiger partial charge in [0.1, 0.15) is 23.2 Å². The van der Waals surface area contributed by atoms with E-state index in [9.17, 15) is 4.39 Å². The number of hydrogen-bond donors (Lipinski definition) is 2. The minimum atomic E-state index is -0.463. The molecule has 9 nitrogen and oxygen atoms in total. The molecule has 5 heterocycles. The predicted molar refractivity (Wildman–Crippen MR) is 159 cm³/mol. The molecule has 0 spiro atoms. The molecule has 214 valence electrons. The minimum absolute atomic E-state index is 0.118. The zero-order valence-electron chi connectivity index (χ0n) is 23.4. The van der Waals surface area contributed by atoms with Crippen molar-refractivity contribution in [3.63, 3.8) is 0 Å². The highest BCUT2D eigenvalue weighted by Crippen LogP contribution is 2.42. The first-order chi connectivity index (χ1) is 20.0. The lowest BCUT2D eigenvalue weighted by molar-refractivity contribution is 0.308. The van der Waals surface area contributed by atoms with E-state index in [1.165, 1.54) is 17.2 Å². The van der Waals surface area contributed by atoms with Gasteiger partial charge in [0.05, 0.1) is 22.8 Å². The Morgan fingerprint density at radius 2 is 1.88 bits per heavy atom. The number of hydrogen-bond acceptors (Lipinski definition) is 8. The van der Waals surface area contributed by atoms with E-state index >= 15 is 0 Å². The number of fused-ring (bicyclic) bond motifs is 3. The van der Waals surface area contributed by atoms with Gasteiger partial charge in [-0.25, -0.2) is 4.39 Å². The summed E-state index contributed by atoms with van der Waals surface area (Å²) in [5, 5.41) is 11.4. The molecule has 1 atom stereocenters. The van der Waals surface area contributed by atoms with Gasteiger partial charge in [-0.1, -0.05) is 23.7 Å². The summed E-state index contributed by atoms with van der Waals surface area (Å²) < 4.78 is 21.5. The van der Waals surface area contributed by atoms with Crippen LogP contribution in [0.15, 0.2) is 30.5 Å². The second-order valence-corrected chi connectivity index (χ2v) is 11.6. The lowest BCUT2D eigenvalue weighted by Crippen LogP contribution is -2.45. The number of nitrogens with one attached hydrogen (secondary N) is 2. The predicted octanol–water partition coefficient (Wildman–Crippen LogP) is 4.85. The van der Waals surface area contributed by atoms with Gasteiger partial charge in [0.2, 0.25) is 0 Å². The van der Waals surface area contributed by atoms with Gasteiger partial charge in [-0.05, 0) is 44.9 Å². The molecule has 2 aromatic carbocycles. The first-order valence-corrected chi connectivity index (χ1v) is 14.8. The maximum atomic E-state index is 14.9. The molecule has 0 aliphatic carbocycles. The Hall–Kier alpha value is -3.47. The Morgan fingerprint density at radius 1 is 1.05 bits per heavy atom. The molecule has 3 aliphatic heterocycles. The Balaban J connectivity index is 1.33. The largest absolute Gasteiger partial charge is 0.424 e. The van der Waals surface area contributed by atoms with Crippen molar-refractivity contribution in [2.45, 2.75) is 38.8 Å². The Labute approximate surface area is 243 Å². The number of likely N-dealkylation sites (N-methyl/N-ethyl adjacent to an activating group) is 1. The fourth-order valence-corrected chi connectivity index (χ4v) is 6.84. The number of piperazine rings is 1. The van der Waals surface area contributed by atoms with E-state index in [4.69, 9.17) is 26.3 Å². The smallest absolute Gasteiger partial charge is 0.325 e. The third kappa shape index (κ3) is 4.77. The van der Waals surface area contributed by atoms with Crippen molar-refractivity contribution in [3.05, 3.63) is 63.6 Å². The third-order valence-electron chi connectivity index (χ3n) is 8.63. The second kappa shape index (κ2) is 10.7. The van der Waals surface area contributed by atoms with Crippen LogP contribution in [0.25, 0.3) is 10.9 Å². The van der Waals surface area contributed by atoms with Crippen LogP contribution < -0.4 is 19.9 Å². The number of nitrogens with zero attached hydrogens (tertiary/aromatic N) is 6. The number of rotatable bonds is 5. The third-order valence-corrected chi connectivity index (χ3v) is 9.02. The van der Waals surface area contributed by atoms with Gasteiger partial charge < -0.3 is 24.8 Å². The lowest BCUT2D eigenvalue weighted by atomic mass is 9.98. The molecule has 3 aliphatic rings. The van der Waals surface area contributed by atoms with E-state index in [-0.39, 0.29) is 11.1 Å². The van der Waals surface area contributed by atoms with Crippen LogP contribution in [0.4, 0.5) is 16.0 Å². The molecule has 0 amide bonds. The summed E-state index contributed by atoms with van der Waals surface area (Å²) in [7, 11) is 2.14. The van der Waals surface area contributed by atoms with Crippen LogP contribution in [0.5, 0.6) is 11.8 Å². The molecule has 1 saturated heterocycles. The molecule has 4 aromatic rings. The van der Waals surface area contributed by atoms with E-state index in [0.717, 1.165) is 93.4 Å². The molecule has 41 heavy (non-hydrogen) atoms. The normalized spacial score (nSPS) is 18.3. The Kier molecular flexibility index (Phi) is 6.92. The number of aromatic amines is 1. The average Bonchev–Trinajstić information content (AvgIpc) is 3.45. The van der Waals surface area contributed by atoms with E-state index in [0.29, 0.717) is 17.1 Å². The van der Waals surface area contributed by atoms with Crippen molar-refractivity contribution in [2.75, 3.05) is 56.1 Å². The molecule has 0 bridgehead atoms. The van der Waals surface area contributed by atoms with Crippen LogP contribution in [0.3, 0.4) is 0 Å². The molecule has 0 radical (unpaired) electrons. The molecule has 2 aromatic heterocycles. The molecule has 2 N–H and O–H groups in total. The fourth-order valence-electron chi connectivity index (χ4n) is 6.53. The van der Waals surface area contributed by atoms with Crippen molar-refractivity contribution in [3.8, 4) is 11.8 Å². The number of H-pyrrole nitrogens is 1. The molecule has 7 rings (SSSR count). The first-order valence-electron chi connectivity index (χ1n) is 14.4. The molecule has 11 heteroatoms. The van der Waals surface area contributed by atoms with Gasteiger partial charge in [0.25, 0.3) is 0 Å². The Bertz CT molecular complexity index is 1600. The van der Waals surface area contributed by atoms with Crippen LogP contribution in [0.1, 0.15) is 41.6 Å².